The molecule has 1 amide bonds. The molecule has 24 heavy (non-hydrogen) atoms. The molecule has 0 saturated heterocycles. The van der Waals surface area contributed by atoms with Crippen LogP contribution in [-0.2, 0) is 25.7 Å². The van der Waals surface area contributed by atoms with Crippen LogP contribution in [-0.4, -0.2) is 32.4 Å². The summed E-state index contributed by atoms with van der Waals surface area (Å²) in [6.07, 6.45) is -5.88. The quantitative estimate of drug-likeness (QED) is 0.853. The molecule has 0 bridgehead atoms. The van der Waals surface area contributed by atoms with Gasteiger partial charge < -0.3 is 10.0 Å². The Kier molecular flexibility index (Phi) is 3.94. The van der Waals surface area contributed by atoms with Crippen LogP contribution in [0, 0.1) is 5.82 Å². The highest BCUT2D eigenvalue weighted by Crippen LogP contribution is 2.35. The normalized spacial score (nSPS) is 14.6. The highest BCUT2D eigenvalue weighted by molar-refractivity contribution is 5.65. The van der Waals surface area contributed by atoms with Gasteiger partial charge >= 0.3 is 12.3 Å². The van der Waals surface area contributed by atoms with Gasteiger partial charge in [0.2, 0.25) is 0 Å². The lowest BCUT2D eigenvalue weighted by molar-refractivity contribution is -0.142. The van der Waals surface area contributed by atoms with Crippen molar-refractivity contribution in [2.24, 2.45) is 0 Å². The van der Waals surface area contributed by atoms with Gasteiger partial charge in [0.15, 0.2) is 5.69 Å². The van der Waals surface area contributed by atoms with Crippen LogP contribution in [0.25, 0.3) is 0 Å². The van der Waals surface area contributed by atoms with Crippen LogP contribution in [0.2, 0.25) is 0 Å². The summed E-state index contributed by atoms with van der Waals surface area (Å²) in [6, 6.07) is 5.46. The zero-order valence-corrected chi connectivity index (χ0v) is 12.3. The second-order valence-corrected chi connectivity index (χ2v) is 5.51. The third kappa shape index (κ3) is 3.06. The number of aromatic nitrogens is 2. The minimum Gasteiger partial charge on any atom is -0.465 e. The van der Waals surface area contributed by atoms with Crippen LogP contribution in [0.3, 0.4) is 0 Å². The van der Waals surface area contributed by atoms with Crippen molar-refractivity contribution in [2.75, 3.05) is 6.54 Å². The van der Waals surface area contributed by atoms with E-state index >= 15 is 0 Å². The van der Waals surface area contributed by atoms with E-state index in [1.54, 1.807) is 6.07 Å². The van der Waals surface area contributed by atoms with E-state index in [1.165, 1.54) is 18.2 Å². The van der Waals surface area contributed by atoms with E-state index in [-0.39, 0.29) is 37.3 Å². The second-order valence-electron chi connectivity index (χ2n) is 5.51. The summed E-state index contributed by atoms with van der Waals surface area (Å²) in [6.45, 7) is -0.260. The lowest BCUT2D eigenvalue weighted by atomic mass is 10.0. The molecule has 0 unspecified atom stereocenters. The minimum absolute atomic E-state index is 0.0106. The van der Waals surface area contributed by atoms with Crippen LogP contribution in [0.5, 0.6) is 0 Å². The van der Waals surface area contributed by atoms with Gasteiger partial charge in [0.05, 0.1) is 18.8 Å². The molecule has 1 N–H and O–H groups in total. The fraction of sp³-hybridized carbons (Fsp3) is 0.333. The lowest BCUT2D eigenvalue weighted by Crippen LogP contribution is -2.36. The van der Waals surface area contributed by atoms with Crippen LogP contribution < -0.4 is 0 Å². The fourth-order valence-electron chi connectivity index (χ4n) is 2.81. The number of nitrogens with zero attached hydrogens (tertiary/aromatic N) is 3. The number of hydrogen-bond acceptors (Lipinski definition) is 2. The first-order valence-electron chi connectivity index (χ1n) is 7.14. The van der Waals surface area contributed by atoms with E-state index in [0.717, 1.165) is 9.58 Å². The van der Waals surface area contributed by atoms with Gasteiger partial charge in [0.25, 0.3) is 0 Å². The first-order chi connectivity index (χ1) is 11.3. The number of amides is 1. The molecule has 0 fully saturated rings. The number of alkyl halides is 3. The van der Waals surface area contributed by atoms with E-state index in [1.807, 2.05) is 0 Å². The number of halogens is 4. The van der Waals surface area contributed by atoms with Crippen molar-refractivity contribution >= 4 is 6.09 Å². The van der Waals surface area contributed by atoms with Gasteiger partial charge in [-0.25, -0.2) is 9.18 Å². The number of rotatable bonds is 2. The Morgan fingerprint density at radius 3 is 2.71 bits per heavy atom. The lowest BCUT2D eigenvalue weighted by Gasteiger charge is -2.25. The van der Waals surface area contributed by atoms with Crippen molar-refractivity contribution in [1.82, 2.24) is 14.7 Å². The highest BCUT2D eigenvalue weighted by atomic mass is 19.4. The van der Waals surface area contributed by atoms with Gasteiger partial charge in [-0.1, -0.05) is 12.1 Å². The van der Waals surface area contributed by atoms with Crippen molar-refractivity contribution in [2.45, 2.75) is 25.7 Å². The highest BCUT2D eigenvalue weighted by Gasteiger charge is 2.40. The first kappa shape index (κ1) is 16.3. The van der Waals surface area contributed by atoms with Gasteiger partial charge in [-0.05, 0) is 24.1 Å². The molecule has 0 saturated carbocycles. The third-order valence-corrected chi connectivity index (χ3v) is 3.90. The summed E-state index contributed by atoms with van der Waals surface area (Å²) in [7, 11) is 0. The standard InChI is InChI=1S/C15H13F4N3O2/c16-10-3-1-2-9(6-10)7-22-12-8-21(14(23)24)5-4-11(12)13(20-22)15(17,18)19/h1-3,6H,4-5,7-8H2,(H,23,24). The number of carbonyl (C=O) groups is 1. The average molecular weight is 343 g/mol. The molecule has 1 aliphatic rings. The number of carboxylic acid groups (broad SMARTS) is 1. The van der Waals surface area contributed by atoms with E-state index < -0.39 is 23.8 Å². The summed E-state index contributed by atoms with van der Waals surface area (Å²) in [5.74, 6) is -0.503. The molecule has 128 valence electrons. The molecule has 0 radical (unpaired) electrons. The summed E-state index contributed by atoms with van der Waals surface area (Å²) < 4.78 is 53.9. The average Bonchev–Trinajstić information content (AvgIpc) is 2.85. The first-order valence-corrected chi connectivity index (χ1v) is 7.14. The van der Waals surface area contributed by atoms with Crippen LogP contribution in [0.15, 0.2) is 24.3 Å². The summed E-state index contributed by atoms with van der Waals surface area (Å²) >= 11 is 0. The summed E-state index contributed by atoms with van der Waals surface area (Å²) in [4.78, 5) is 12.1. The van der Waals surface area contributed by atoms with Crippen molar-refractivity contribution in [1.29, 1.82) is 0 Å². The molecule has 1 aromatic carbocycles. The Hall–Kier alpha value is -2.58. The molecule has 0 atom stereocenters. The Bertz CT molecular complexity index is 786. The Labute approximate surface area is 134 Å². The topological polar surface area (TPSA) is 58.4 Å². The van der Waals surface area contributed by atoms with E-state index in [2.05, 4.69) is 5.10 Å². The van der Waals surface area contributed by atoms with Crippen molar-refractivity contribution < 1.29 is 27.5 Å². The van der Waals surface area contributed by atoms with Crippen molar-refractivity contribution in [3.8, 4) is 0 Å². The van der Waals surface area contributed by atoms with E-state index in [9.17, 15) is 22.4 Å². The molecule has 5 nitrogen and oxygen atoms in total. The second kappa shape index (κ2) is 5.81. The zero-order valence-electron chi connectivity index (χ0n) is 12.3. The summed E-state index contributed by atoms with van der Waals surface area (Å²) in [5, 5.41) is 12.7. The SMILES string of the molecule is O=C(O)N1CCc2c(C(F)(F)F)nn(Cc3cccc(F)c3)c2C1. The van der Waals surface area contributed by atoms with Crippen LogP contribution in [0.4, 0.5) is 22.4 Å². The van der Waals surface area contributed by atoms with Gasteiger partial charge in [0, 0.05) is 12.1 Å². The monoisotopic (exact) mass is 343 g/mol. The molecule has 2 aromatic rings. The molecule has 2 heterocycles. The Balaban J connectivity index is 2.02. The predicted octanol–water partition coefficient (Wildman–Crippen LogP) is 3.13. The van der Waals surface area contributed by atoms with Gasteiger partial charge in [-0.3, -0.25) is 4.68 Å². The molecule has 9 heteroatoms. The largest absolute Gasteiger partial charge is 0.465 e. The molecule has 0 aliphatic carbocycles. The maximum atomic E-state index is 13.3. The molecule has 0 spiro atoms. The molecular weight excluding hydrogens is 330 g/mol. The van der Waals surface area contributed by atoms with Crippen LogP contribution in [0.1, 0.15) is 22.5 Å². The predicted molar refractivity (Wildman–Crippen MR) is 74.9 cm³/mol. The molecule has 1 aliphatic heterocycles. The van der Waals surface area contributed by atoms with Crippen LogP contribution >= 0.6 is 0 Å². The zero-order chi connectivity index (χ0) is 17.5. The van der Waals surface area contributed by atoms with Gasteiger partial charge in [-0.15, -0.1) is 0 Å². The van der Waals surface area contributed by atoms with Crippen molar-refractivity contribution in [3.63, 3.8) is 0 Å². The maximum Gasteiger partial charge on any atom is 0.435 e. The Morgan fingerprint density at radius 1 is 1.33 bits per heavy atom. The molecular formula is C15H13F4N3O2. The molecule has 3 rings (SSSR count). The molecule has 1 aromatic heterocycles. The minimum atomic E-state index is -4.62. The number of benzene rings is 1. The van der Waals surface area contributed by atoms with Gasteiger partial charge in [-0.2, -0.15) is 18.3 Å². The maximum absolute atomic E-state index is 13.3. The van der Waals surface area contributed by atoms with E-state index in [0.29, 0.717) is 5.56 Å². The van der Waals surface area contributed by atoms with Gasteiger partial charge in [0.1, 0.15) is 5.82 Å². The smallest absolute Gasteiger partial charge is 0.435 e. The van der Waals surface area contributed by atoms with E-state index in [4.69, 9.17) is 5.11 Å². The summed E-state index contributed by atoms with van der Waals surface area (Å²) in [5.41, 5.74) is -0.350. The fourth-order valence-corrected chi connectivity index (χ4v) is 2.81. The third-order valence-electron chi connectivity index (χ3n) is 3.90. The van der Waals surface area contributed by atoms with Crippen molar-refractivity contribution in [3.05, 3.63) is 52.6 Å². The number of hydrogen-bond donors (Lipinski definition) is 1. The number of fused-ring (bicyclic) bond motifs is 1. The Morgan fingerprint density at radius 2 is 2.08 bits per heavy atom.